The summed E-state index contributed by atoms with van der Waals surface area (Å²) in [5, 5.41) is 2.83. The van der Waals surface area contributed by atoms with Gasteiger partial charge in [0.2, 0.25) is 10.0 Å². The zero-order chi connectivity index (χ0) is 16.5. The fraction of sp³-hybridized carbons (Fsp3) is 0.500. The van der Waals surface area contributed by atoms with E-state index in [4.69, 9.17) is 23.2 Å². The monoisotopic (exact) mass is 364 g/mol. The third-order valence-corrected chi connectivity index (χ3v) is 5.42. The highest BCUT2D eigenvalue weighted by Gasteiger charge is 2.30. The van der Waals surface area contributed by atoms with Crippen molar-refractivity contribution < 1.29 is 13.2 Å². The molecule has 1 aliphatic rings. The molecule has 1 saturated carbocycles. The fourth-order valence-electron chi connectivity index (χ4n) is 1.79. The highest BCUT2D eigenvalue weighted by atomic mass is 35.5. The van der Waals surface area contributed by atoms with Crippen molar-refractivity contribution in [2.24, 2.45) is 5.92 Å². The van der Waals surface area contributed by atoms with Crippen LogP contribution in [-0.2, 0) is 10.0 Å². The number of carbonyl (C=O) groups is 1. The Morgan fingerprint density at radius 1 is 1.27 bits per heavy atom. The predicted octanol–water partition coefficient (Wildman–Crippen LogP) is 2.82. The van der Waals surface area contributed by atoms with Gasteiger partial charge in [-0.2, -0.15) is 0 Å². The minimum Gasteiger partial charge on any atom is -0.352 e. The average molecular weight is 365 g/mol. The maximum atomic E-state index is 12.3. The normalized spacial score (nSPS) is 15.1. The van der Waals surface area contributed by atoms with Gasteiger partial charge in [0.25, 0.3) is 5.91 Å². The molecule has 2 N–H and O–H groups in total. The van der Waals surface area contributed by atoms with Gasteiger partial charge in [0.1, 0.15) is 4.90 Å². The molecule has 1 fully saturated rings. The number of sulfonamides is 1. The van der Waals surface area contributed by atoms with E-state index in [-0.39, 0.29) is 32.5 Å². The molecule has 0 atom stereocenters. The van der Waals surface area contributed by atoms with Crippen molar-refractivity contribution in [3.8, 4) is 0 Å². The van der Waals surface area contributed by atoms with Gasteiger partial charge in [-0.15, -0.1) is 0 Å². The largest absolute Gasteiger partial charge is 0.352 e. The lowest BCUT2D eigenvalue weighted by Gasteiger charge is -2.12. The molecule has 0 aromatic heterocycles. The smallest absolute Gasteiger partial charge is 0.252 e. The minimum atomic E-state index is -3.75. The molecule has 1 aromatic rings. The second-order valence-corrected chi connectivity index (χ2v) is 8.26. The second kappa shape index (κ2) is 6.74. The Bertz CT molecular complexity index is 686. The summed E-state index contributed by atoms with van der Waals surface area (Å²) in [5.74, 6) is -0.145. The van der Waals surface area contributed by atoms with Crippen LogP contribution in [0.3, 0.4) is 0 Å². The molecule has 122 valence electrons. The fourth-order valence-corrected chi connectivity index (χ4v) is 3.95. The number of hydrogen-bond donors (Lipinski definition) is 2. The Balaban J connectivity index is 2.31. The van der Waals surface area contributed by atoms with Crippen molar-refractivity contribution in [2.45, 2.75) is 37.6 Å². The second-order valence-electron chi connectivity index (χ2n) is 5.76. The summed E-state index contributed by atoms with van der Waals surface area (Å²) in [6, 6.07) is 2.47. The lowest BCUT2D eigenvalue weighted by Crippen LogP contribution is -2.29. The Hall–Kier alpha value is -0.820. The van der Waals surface area contributed by atoms with Crippen molar-refractivity contribution in [1.82, 2.24) is 10.0 Å². The zero-order valence-corrected chi connectivity index (χ0v) is 14.6. The van der Waals surface area contributed by atoms with E-state index >= 15 is 0 Å². The standard InChI is InChI=1S/C14H18Cl2N2O3S/c1-8(2)7-17-14(19)10-5-13(12(16)6-11(10)15)22(20,21)18-9-3-4-9/h5-6,8-9,18H,3-4,7H2,1-2H3,(H,17,19). The van der Waals surface area contributed by atoms with Gasteiger partial charge in [0.15, 0.2) is 0 Å². The molecule has 0 bridgehead atoms. The number of nitrogens with one attached hydrogen (secondary N) is 2. The average Bonchev–Trinajstić information content (AvgIpc) is 3.18. The molecule has 22 heavy (non-hydrogen) atoms. The molecular formula is C14H18Cl2N2O3S. The first-order chi connectivity index (χ1) is 10.2. The van der Waals surface area contributed by atoms with Crippen LogP contribution in [0.5, 0.6) is 0 Å². The van der Waals surface area contributed by atoms with E-state index in [1.807, 2.05) is 13.8 Å². The molecule has 5 nitrogen and oxygen atoms in total. The molecular weight excluding hydrogens is 347 g/mol. The molecule has 0 saturated heterocycles. The number of carbonyl (C=O) groups excluding carboxylic acids is 1. The van der Waals surface area contributed by atoms with Gasteiger partial charge >= 0.3 is 0 Å². The maximum Gasteiger partial charge on any atom is 0.252 e. The number of amides is 1. The molecule has 0 radical (unpaired) electrons. The first-order valence-electron chi connectivity index (χ1n) is 7.00. The van der Waals surface area contributed by atoms with Gasteiger partial charge < -0.3 is 5.32 Å². The van der Waals surface area contributed by atoms with Crippen LogP contribution in [-0.4, -0.2) is 26.9 Å². The lowest BCUT2D eigenvalue weighted by atomic mass is 10.2. The molecule has 2 rings (SSSR count). The molecule has 0 heterocycles. The number of hydrogen-bond acceptors (Lipinski definition) is 3. The van der Waals surface area contributed by atoms with Crippen LogP contribution in [0, 0.1) is 5.92 Å². The van der Waals surface area contributed by atoms with Crippen LogP contribution < -0.4 is 10.0 Å². The van der Waals surface area contributed by atoms with Crippen molar-refractivity contribution in [1.29, 1.82) is 0 Å². The topological polar surface area (TPSA) is 75.3 Å². The van der Waals surface area contributed by atoms with Gasteiger partial charge in [0, 0.05) is 12.6 Å². The van der Waals surface area contributed by atoms with Crippen LogP contribution >= 0.6 is 23.2 Å². The van der Waals surface area contributed by atoms with Crippen molar-refractivity contribution >= 4 is 39.1 Å². The third-order valence-electron chi connectivity index (χ3n) is 3.13. The summed E-state index contributed by atoms with van der Waals surface area (Å²) in [5.41, 5.74) is 0.0999. The molecule has 1 amide bonds. The molecule has 1 aromatic carbocycles. The van der Waals surface area contributed by atoms with Gasteiger partial charge in [0.05, 0.1) is 15.6 Å². The summed E-state index contributed by atoms with van der Waals surface area (Å²) in [6.07, 6.45) is 1.62. The van der Waals surface area contributed by atoms with Gasteiger partial charge in [-0.3, -0.25) is 4.79 Å². The van der Waals surface area contributed by atoms with Crippen LogP contribution in [0.25, 0.3) is 0 Å². The number of benzene rings is 1. The highest BCUT2D eigenvalue weighted by Crippen LogP contribution is 2.30. The van der Waals surface area contributed by atoms with E-state index in [9.17, 15) is 13.2 Å². The Kier molecular flexibility index (Phi) is 5.37. The Morgan fingerprint density at radius 3 is 2.45 bits per heavy atom. The first-order valence-corrected chi connectivity index (χ1v) is 9.24. The summed E-state index contributed by atoms with van der Waals surface area (Å²) < 4.78 is 27.1. The Labute approximate surface area is 140 Å². The van der Waals surface area contributed by atoms with E-state index < -0.39 is 15.9 Å². The maximum absolute atomic E-state index is 12.3. The number of rotatable bonds is 6. The van der Waals surface area contributed by atoms with E-state index in [1.54, 1.807) is 0 Å². The molecule has 1 aliphatic carbocycles. The predicted molar refractivity (Wildman–Crippen MR) is 87.0 cm³/mol. The van der Waals surface area contributed by atoms with Crippen molar-refractivity contribution in [3.63, 3.8) is 0 Å². The lowest BCUT2D eigenvalue weighted by molar-refractivity contribution is 0.0949. The Morgan fingerprint density at radius 2 is 1.91 bits per heavy atom. The van der Waals surface area contributed by atoms with Crippen LogP contribution in [0.2, 0.25) is 10.0 Å². The van der Waals surface area contributed by atoms with E-state index in [1.165, 1.54) is 12.1 Å². The minimum absolute atomic E-state index is 0.00133. The highest BCUT2D eigenvalue weighted by molar-refractivity contribution is 7.89. The van der Waals surface area contributed by atoms with Gasteiger partial charge in [-0.1, -0.05) is 37.0 Å². The van der Waals surface area contributed by atoms with Crippen LogP contribution in [0.15, 0.2) is 17.0 Å². The summed E-state index contributed by atoms with van der Waals surface area (Å²) in [6.45, 7) is 4.39. The molecule has 8 heteroatoms. The number of halogens is 2. The molecule has 0 aliphatic heterocycles. The summed E-state index contributed by atoms with van der Waals surface area (Å²) >= 11 is 12.0. The molecule has 0 spiro atoms. The quantitative estimate of drug-likeness (QED) is 0.814. The van der Waals surface area contributed by atoms with Crippen LogP contribution in [0.1, 0.15) is 37.0 Å². The van der Waals surface area contributed by atoms with Crippen molar-refractivity contribution in [2.75, 3.05) is 6.54 Å². The summed E-state index contributed by atoms with van der Waals surface area (Å²) in [4.78, 5) is 12.0. The van der Waals surface area contributed by atoms with E-state index in [2.05, 4.69) is 10.0 Å². The van der Waals surface area contributed by atoms with Crippen molar-refractivity contribution in [3.05, 3.63) is 27.7 Å². The molecule has 0 unspecified atom stereocenters. The van der Waals surface area contributed by atoms with Crippen LogP contribution in [0.4, 0.5) is 0 Å². The SMILES string of the molecule is CC(C)CNC(=O)c1cc(S(=O)(=O)NC2CC2)c(Cl)cc1Cl. The zero-order valence-electron chi connectivity index (χ0n) is 12.3. The van der Waals surface area contributed by atoms with Gasteiger partial charge in [-0.05, 0) is 30.9 Å². The summed E-state index contributed by atoms with van der Waals surface area (Å²) in [7, 11) is -3.75. The van der Waals surface area contributed by atoms with E-state index in [0.717, 1.165) is 12.8 Å². The van der Waals surface area contributed by atoms with Gasteiger partial charge in [-0.25, -0.2) is 13.1 Å². The third kappa shape index (κ3) is 4.35. The first kappa shape index (κ1) is 17.5. The van der Waals surface area contributed by atoms with E-state index in [0.29, 0.717) is 6.54 Å².